The van der Waals surface area contributed by atoms with Crippen LogP contribution in [0, 0.1) is 6.92 Å². The molecule has 1 amide bonds. The van der Waals surface area contributed by atoms with Crippen LogP contribution in [0.1, 0.15) is 24.5 Å². The maximum Gasteiger partial charge on any atom is 0.245 e. The third-order valence-corrected chi connectivity index (χ3v) is 3.75. The molecule has 1 aromatic carbocycles. The van der Waals surface area contributed by atoms with Crippen molar-refractivity contribution in [3.63, 3.8) is 0 Å². The van der Waals surface area contributed by atoms with Crippen LogP contribution in [0.4, 0.5) is 5.69 Å². The van der Waals surface area contributed by atoms with Crippen LogP contribution in [0.25, 0.3) is 0 Å². The second kappa shape index (κ2) is 7.43. The Hall–Kier alpha value is -1.59. The summed E-state index contributed by atoms with van der Waals surface area (Å²) in [5, 5.41) is 2.96. The third kappa shape index (κ3) is 3.74. The Morgan fingerprint density at radius 2 is 2.33 bits per heavy atom. The van der Waals surface area contributed by atoms with Gasteiger partial charge in [-0.1, -0.05) is 19.1 Å². The molecule has 3 N–H and O–H groups in total. The van der Waals surface area contributed by atoms with Crippen LogP contribution in [-0.4, -0.2) is 38.3 Å². The number of anilines is 1. The first kappa shape index (κ1) is 15.8. The van der Waals surface area contributed by atoms with E-state index in [1.165, 1.54) is 5.56 Å². The lowest BCUT2D eigenvalue weighted by Gasteiger charge is -2.37. The Kier molecular flexibility index (Phi) is 5.59. The summed E-state index contributed by atoms with van der Waals surface area (Å²) in [6.07, 6.45) is 0.928. The predicted octanol–water partition coefficient (Wildman–Crippen LogP) is 1.19. The number of nitrogens with one attached hydrogen (secondary N) is 1. The second-order valence-electron chi connectivity index (χ2n) is 5.41. The summed E-state index contributed by atoms with van der Waals surface area (Å²) in [4.78, 5) is 14.5. The molecule has 0 aromatic heterocycles. The van der Waals surface area contributed by atoms with Gasteiger partial charge >= 0.3 is 0 Å². The van der Waals surface area contributed by atoms with Gasteiger partial charge in [0.05, 0.1) is 13.2 Å². The molecule has 0 aliphatic carbocycles. The zero-order valence-corrected chi connectivity index (χ0v) is 12.9. The van der Waals surface area contributed by atoms with Crippen molar-refractivity contribution in [2.24, 2.45) is 5.73 Å². The average molecular weight is 291 g/mol. The fourth-order valence-electron chi connectivity index (χ4n) is 2.59. The maximum atomic E-state index is 12.4. The van der Waals surface area contributed by atoms with Crippen LogP contribution in [0.15, 0.2) is 18.2 Å². The Balaban J connectivity index is 2.26. The number of morpholine rings is 1. The molecule has 1 aromatic rings. The van der Waals surface area contributed by atoms with Crippen molar-refractivity contribution in [3.05, 3.63) is 29.3 Å². The van der Waals surface area contributed by atoms with Gasteiger partial charge in [-0.25, -0.2) is 0 Å². The molecular weight excluding hydrogens is 266 g/mol. The fraction of sp³-hybridized carbons (Fsp3) is 0.562. The Morgan fingerprint density at radius 3 is 3.05 bits per heavy atom. The summed E-state index contributed by atoms with van der Waals surface area (Å²) < 4.78 is 5.50. The predicted molar refractivity (Wildman–Crippen MR) is 84.3 cm³/mol. The van der Waals surface area contributed by atoms with Gasteiger partial charge in [-0.3, -0.25) is 4.79 Å². The second-order valence-corrected chi connectivity index (χ2v) is 5.41. The van der Waals surface area contributed by atoms with Crippen LogP contribution < -0.4 is 16.0 Å². The number of benzene rings is 1. The summed E-state index contributed by atoms with van der Waals surface area (Å²) in [6, 6.07) is 5.92. The molecule has 1 atom stereocenters. The standard InChI is InChI=1S/C16H25N3O2/c1-3-6-18-16(20)15-11-21-8-7-19(15)14-9-12(2)4-5-13(14)10-17/h4-5,9,15H,3,6-8,10-11,17H2,1-2H3,(H,18,20). The highest BCUT2D eigenvalue weighted by Crippen LogP contribution is 2.25. The molecule has 5 nitrogen and oxygen atoms in total. The number of rotatable bonds is 5. The number of hydrogen-bond acceptors (Lipinski definition) is 4. The Bertz CT molecular complexity index is 490. The van der Waals surface area contributed by atoms with Crippen molar-refractivity contribution >= 4 is 11.6 Å². The number of carbonyl (C=O) groups is 1. The first-order chi connectivity index (χ1) is 10.2. The van der Waals surface area contributed by atoms with Gasteiger partial charge in [0.15, 0.2) is 0 Å². The zero-order valence-electron chi connectivity index (χ0n) is 12.9. The van der Waals surface area contributed by atoms with E-state index in [0.717, 1.165) is 17.7 Å². The van der Waals surface area contributed by atoms with Crippen molar-refractivity contribution in [1.82, 2.24) is 5.32 Å². The van der Waals surface area contributed by atoms with Crippen LogP contribution in [0.5, 0.6) is 0 Å². The van der Waals surface area contributed by atoms with Crippen LogP contribution in [0.3, 0.4) is 0 Å². The highest BCUT2D eigenvalue weighted by Gasteiger charge is 2.30. The summed E-state index contributed by atoms with van der Waals surface area (Å²) in [5.74, 6) is 0.0287. The fourth-order valence-corrected chi connectivity index (χ4v) is 2.59. The topological polar surface area (TPSA) is 67.6 Å². The van der Waals surface area contributed by atoms with E-state index in [1.54, 1.807) is 0 Å². The van der Waals surface area contributed by atoms with Gasteiger partial charge in [-0.05, 0) is 30.5 Å². The lowest BCUT2D eigenvalue weighted by Crippen LogP contribution is -2.54. The van der Waals surface area contributed by atoms with E-state index in [-0.39, 0.29) is 11.9 Å². The Morgan fingerprint density at radius 1 is 1.52 bits per heavy atom. The molecule has 1 aliphatic rings. The molecule has 1 saturated heterocycles. The molecule has 0 bridgehead atoms. The quantitative estimate of drug-likeness (QED) is 0.855. The SMILES string of the molecule is CCCNC(=O)C1COCCN1c1cc(C)ccc1CN. The van der Waals surface area contributed by atoms with Gasteiger partial charge in [0.1, 0.15) is 6.04 Å². The maximum absolute atomic E-state index is 12.4. The zero-order chi connectivity index (χ0) is 15.2. The summed E-state index contributed by atoms with van der Waals surface area (Å²) >= 11 is 0. The highest BCUT2D eigenvalue weighted by molar-refractivity contribution is 5.86. The van der Waals surface area contributed by atoms with Crippen molar-refractivity contribution in [2.45, 2.75) is 32.9 Å². The van der Waals surface area contributed by atoms with Crippen molar-refractivity contribution < 1.29 is 9.53 Å². The minimum Gasteiger partial charge on any atom is -0.377 e. The van der Waals surface area contributed by atoms with Crippen LogP contribution >= 0.6 is 0 Å². The summed E-state index contributed by atoms with van der Waals surface area (Å²) in [7, 11) is 0. The molecule has 0 spiro atoms. The monoisotopic (exact) mass is 291 g/mol. The van der Waals surface area contributed by atoms with Crippen LogP contribution in [0.2, 0.25) is 0 Å². The van der Waals surface area contributed by atoms with E-state index >= 15 is 0 Å². The minimum absolute atomic E-state index is 0.0287. The minimum atomic E-state index is -0.280. The molecule has 1 aliphatic heterocycles. The normalized spacial score (nSPS) is 18.6. The largest absolute Gasteiger partial charge is 0.377 e. The van der Waals surface area contributed by atoms with Gasteiger partial charge in [0.25, 0.3) is 0 Å². The van der Waals surface area contributed by atoms with Crippen molar-refractivity contribution in [1.29, 1.82) is 0 Å². The van der Waals surface area contributed by atoms with Gasteiger partial charge in [0.2, 0.25) is 5.91 Å². The van der Waals surface area contributed by atoms with E-state index < -0.39 is 0 Å². The molecule has 1 unspecified atom stereocenters. The molecule has 2 rings (SSSR count). The van der Waals surface area contributed by atoms with E-state index in [0.29, 0.717) is 32.8 Å². The molecule has 5 heteroatoms. The summed E-state index contributed by atoms with van der Waals surface area (Å²) in [5.41, 5.74) is 9.14. The lowest BCUT2D eigenvalue weighted by atomic mass is 10.1. The highest BCUT2D eigenvalue weighted by atomic mass is 16.5. The molecule has 1 fully saturated rings. The molecule has 1 heterocycles. The average Bonchev–Trinajstić information content (AvgIpc) is 2.52. The molecule has 0 saturated carbocycles. The number of nitrogens with zero attached hydrogens (tertiary/aromatic N) is 1. The van der Waals surface area contributed by atoms with Gasteiger partial charge in [0, 0.05) is 25.3 Å². The number of aryl methyl sites for hydroxylation is 1. The van der Waals surface area contributed by atoms with E-state index in [9.17, 15) is 4.79 Å². The first-order valence-corrected chi connectivity index (χ1v) is 7.59. The van der Waals surface area contributed by atoms with Gasteiger partial charge in [-0.2, -0.15) is 0 Å². The van der Waals surface area contributed by atoms with Crippen molar-refractivity contribution in [2.75, 3.05) is 31.2 Å². The summed E-state index contributed by atoms with van der Waals surface area (Å²) in [6.45, 7) is 7.03. The van der Waals surface area contributed by atoms with E-state index in [4.69, 9.17) is 10.5 Å². The molecule has 116 valence electrons. The number of ether oxygens (including phenoxy) is 1. The number of carbonyl (C=O) groups excluding carboxylic acids is 1. The lowest BCUT2D eigenvalue weighted by molar-refractivity contribution is -0.124. The van der Waals surface area contributed by atoms with E-state index in [2.05, 4.69) is 29.3 Å². The number of nitrogens with two attached hydrogens (primary N) is 1. The smallest absolute Gasteiger partial charge is 0.245 e. The van der Waals surface area contributed by atoms with Gasteiger partial charge in [-0.15, -0.1) is 0 Å². The third-order valence-electron chi connectivity index (χ3n) is 3.75. The Labute approximate surface area is 126 Å². The molecule has 21 heavy (non-hydrogen) atoms. The first-order valence-electron chi connectivity index (χ1n) is 7.59. The van der Waals surface area contributed by atoms with Crippen LogP contribution in [-0.2, 0) is 16.1 Å². The van der Waals surface area contributed by atoms with Crippen molar-refractivity contribution in [3.8, 4) is 0 Å². The number of amides is 1. The van der Waals surface area contributed by atoms with Gasteiger partial charge < -0.3 is 20.7 Å². The molecular formula is C16H25N3O2. The number of hydrogen-bond donors (Lipinski definition) is 2. The molecule has 0 radical (unpaired) electrons. The van der Waals surface area contributed by atoms with E-state index in [1.807, 2.05) is 13.0 Å².